The van der Waals surface area contributed by atoms with E-state index in [0.29, 0.717) is 24.1 Å². The Bertz CT molecular complexity index is 330. The summed E-state index contributed by atoms with van der Waals surface area (Å²) in [6, 6.07) is 3.99. The molecule has 17 heavy (non-hydrogen) atoms. The molecule has 3 heteroatoms. The van der Waals surface area contributed by atoms with E-state index in [4.69, 9.17) is 0 Å². The standard InChI is InChI=1S/C14H21F2N/c1-10(2)4-5-11(3)17-9-12-6-13(15)8-14(16)7-12/h6-8,10-11,17H,4-5,9H2,1-3H3. The smallest absolute Gasteiger partial charge is 0.126 e. The van der Waals surface area contributed by atoms with Crippen LogP contribution in [-0.4, -0.2) is 6.04 Å². The molecule has 0 aliphatic rings. The maximum Gasteiger partial charge on any atom is 0.126 e. The van der Waals surface area contributed by atoms with Crippen LogP contribution in [0.1, 0.15) is 39.2 Å². The van der Waals surface area contributed by atoms with E-state index in [1.54, 1.807) is 0 Å². The first-order chi connectivity index (χ1) is 7.97. The lowest BCUT2D eigenvalue weighted by Crippen LogP contribution is -2.25. The fourth-order valence-corrected chi connectivity index (χ4v) is 1.69. The molecule has 1 nitrogen and oxygen atoms in total. The largest absolute Gasteiger partial charge is 0.310 e. The minimum Gasteiger partial charge on any atom is -0.310 e. The molecule has 0 spiro atoms. The number of halogens is 2. The van der Waals surface area contributed by atoms with Gasteiger partial charge in [0.2, 0.25) is 0 Å². The molecular formula is C14H21F2N. The Balaban J connectivity index is 2.39. The predicted molar refractivity (Wildman–Crippen MR) is 66.7 cm³/mol. The molecule has 0 heterocycles. The highest BCUT2D eigenvalue weighted by atomic mass is 19.1. The second-order valence-corrected chi connectivity index (χ2v) is 5.03. The van der Waals surface area contributed by atoms with E-state index in [1.807, 2.05) is 0 Å². The van der Waals surface area contributed by atoms with Gasteiger partial charge in [-0.15, -0.1) is 0 Å². The number of benzene rings is 1. The van der Waals surface area contributed by atoms with E-state index >= 15 is 0 Å². The zero-order chi connectivity index (χ0) is 12.8. The molecule has 1 atom stereocenters. The van der Waals surface area contributed by atoms with Crippen molar-refractivity contribution in [2.24, 2.45) is 5.92 Å². The van der Waals surface area contributed by atoms with Crippen LogP contribution in [0.3, 0.4) is 0 Å². The maximum absolute atomic E-state index is 12.9. The van der Waals surface area contributed by atoms with Gasteiger partial charge >= 0.3 is 0 Å². The SMILES string of the molecule is CC(C)CCC(C)NCc1cc(F)cc(F)c1. The van der Waals surface area contributed by atoms with Gasteiger partial charge in [-0.1, -0.05) is 13.8 Å². The number of hydrogen-bond acceptors (Lipinski definition) is 1. The van der Waals surface area contributed by atoms with Crippen LogP contribution < -0.4 is 5.32 Å². The fraction of sp³-hybridized carbons (Fsp3) is 0.571. The summed E-state index contributed by atoms with van der Waals surface area (Å²) >= 11 is 0. The van der Waals surface area contributed by atoms with Crippen molar-refractivity contribution < 1.29 is 8.78 Å². The van der Waals surface area contributed by atoms with E-state index < -0.39 is 11.6 Å². The van der Waals surface area contributed by atoms with E-state index in [1.165, 1.54) is 12.1 Å². The molecular weight excluding hydrogens is 220 g/mol. The Morgan fingerprint density at radius 1 is 1.00 bits per heavy atom. The van der Waals surface area contributed by atoms with Gasteiger partial charge in [0.1, 0.15) is 11.6 Å². The number of rotatable bonds is 6. The van der Waals surface area contributed by atoms with Crippen LogP contribution >= 0.6 is 0 Å². The molecule has 0 fully saturated rings. The minimum absolute atomic E-state index is 0.365. The number of nitrogens with one attached hydrogen (secondary N) is 1. The van der Waals surface area contributed by atoms with Crippen molar-refractivity contribution in [3.05, 3.63) is 35.4 Å². The molecule has 1 rings (SSSR count). The summed E-state index contributed by atoms with van der Waals surface area (Å²) in [4.78, 5) is 0. The van der Waals surface area contributed by atoms with Crippen molar-refractivity contribution in [2.45, 2.75) is 46.2 Å². The summed E-state index contributed by atoms with van der Waals surface area (Å²) in [6.07, 6.45) is 2.24. The minimum atomic E-state index is -0.517. The third-order valence-electron chi connectivity index (χ3n) is 2.75. The van der Waals surface area contributed by atoms with Crippen molar-refractivity contribution >= 4 is 0 Å². The van der Waals surface area contributed by atoms with Crippen LogP contribution in [0.2, 0.25) is 0 Å². The van der Waals surface area contributed by atoms with Crippen LogP contribution in [0.4, 0.5) is 8.78 Å². The quantitative estimate of drug-likeness (QED) is 0.797. The van der Waals surface area contributed by atoms with Crippen LogP contribution in [0, 0.1) is 17.6 Å². The van der Waals surface area contributed by atoms with E-state index in [9.17, 15) is 8.78 Å². The Hall–Kier alpha value is -0.960. The third-order valence-corrected chi connectivity index (χ3v) is 2.75. The normalized spacial score (nSPS) is 13.1. The van der Waals surface area contributed by atoms with Gasteiger partial charge in [0.05, 0.1) is 0 Å². The molecule has 0 saturated heterocycles. The zero-order valence-corrected chi connectivity index (χ0v) is 10.8. The molecule has 96 valence electrons. The van der Waals surface area contributed by atoms with E-state index in [-0.39, 0.29) is 0 Å². The zero-order valence-electron chi connectivity index (χ0n) is 10.8. The highest BCUT2D eigenvalue weighted by Crippen LogP contribution is 2.10. The Kier molecular flexibility index (Phi) is 5.56. The summed E-state index contributed by atoms with van der Waals surface area (Å²) in [5.74, 6) is -0.348. The first-order valence-corrected chi connectivity index (χ1v) is 6.15. The summed E-state index contributed by atoms with van der Waals surface area (Å²) in [7, 11) is 0. The van der Waals surface area contributed by atoms with Crippen LogP contribution in [0.15, 0.2) is 18.2 Å². The molecule has 0 bridgehead atoms. The average molecular weight is 241 g/mol. The number of hydrogen-bond donors (Lipinski definition) is 1. The summed E-state index contributed by atoms with van der Waals surface area (Å²) < 4.78 is 25.9. The molecule has 0 aromatic heterocycles. The Morgan fingerprint density at radius 2 is 1.59 bits per heavy atom. The lowest BCUT2D eigenvalue weighted by molar-refractivity contribution is 0.449. The van der Waals surface area contributed by atoms with Crippen molar-refractivity contribution in [3.63, 3.8) is 0 Å². The van der Waals surface area contributed by atoms with Crippen molar-refractivity contribution in [2.75, 3.05) is 0 Å². The highest BCUT2D eigenvalue weighted by Gasteiger charge is 2.05. The van der Waals surface area contributed by atoms with Gasteiger partial charge in [0.25, 0.3) is 0 Å². The van der Waals surface area contributed by atoms with Gasteiger partial charge in [-0.2, -0.15) is 0 Å². The molecule has 1 aromatic carbocycles. The first-order valence-electron chi connectivity index (χ1n) is 6.15. The fourth-order valence-electron chi connectivity index (χ4n) is 1.69. The van der Waals surface area contributed by atoms with Gasteiger partial charge < -0.3 is 5.32 Å². The van der Waals surface area contributed by atoms with Crippen molar-refractivity contribution in [1.82, 2.24) is 5.32 Å². The Labute approximate surface area is 102 Å². The van der Waals surface area contributed by atoms with Gasteiger partial charge in [-0.3, -0.25) is 0 Å². The topological polar surface area (TPSA) is 12.0 Å². The molecule has 0 radical (unpaired) electrons. The van der Waals surface area contributed by atoms with Crippen LogP contribution in [0.25, 0.3) is 0 Å². The molecule has 1 aromatic rings. The van der Waals surface area contributed by atoms with Crippen molar-refractivity contribution in [3.8, 4) is 0 Å². The van der Waals surface area contributed by atoms with Gasteiger partial charge in [0.15, 0.2) is 0 Å². The maximum atomic E-state index is 12.9. The van der Waals surface area contributed by atoms with Gasteiger partial charge in [0, 0.05) is 18.7 Å². The molecule has 0 saturated carbocycles. The van der Waals surface area contributed by atoms with Gasteiger partial charge in [-0.25, -0.2) is 8.78 Å². The van der Waals surface area contributed by atoms with E-state index in [2.05, 4.69) is 26.1 Å². The molecule has 0 aliphatic heterocycles. The Morgan fingerprint density at radius 3 is 2.12 bits per heavy atom. The third kappa shape index (κ3) is 5.78. The monoisotopic (exact) mass is 241 g/mol. The van der Waals surface area contributed by atoms with Crippen LogP contribution in [0.5, 0.6) is 0 Å². The summed E-state index contributed by atoms with van der Waals surface area (Å²) in [6.45, 7) is 6.98. The van der Waals surface area contributed by atoms with Gasteiger partial charge in [-0.05, 0) is 43.4 Å². The predicted octanol–water partition coefficient (Wildman–Crippen LogP) is 3.88. The average Bonchev–Trinajstić information content (AvgIpc) is 2.22. The van der Waals surface area contributed by atoms with Crippen molar-refractivity contribution in [1.29, 1.82) is 0 Å². The molecule has 1 N–H and O–H groups in total. The van der Waals surface area contributed by atoms with E-state index in [0.717, 1.165) is 18.9 Å². The first kappa shape index (κ1) is 14.1. The van der Waals surface area contributed by atoms with Crippen LogP contribution in [-0.2, 0) is 6.54 Å². The lowest BCUT2D eigenvalue weighted by Gasteiger charge is -2.15. The summed E-state index contributed by atoms with van der Waals surface area (Å²) in [5, 5.41) is 3.28. The highest BCUT2D eigenvalue weighted by molar-refractivity contribution is 5.17. The molecule has 0 aliphatic carbocycles. The lowest BCUT2D eigenvalue weighted by atomic mass is 10.0. The molecule has 0 amide bonds. The summed E-state index contributed by atoms with van der Waals surface area (Å²) in [5.41, 5.74) is 0.652. The molecule has 1 unspecified atom stereocenters. The second kappa shape index (κ2) is 6.70. The second-order valence-electron chi connectivity index (χ2n) is 5.03.